The van der Waals surface area contributed by atoms with E-state index in [1.54, 1.807) is 13.2 Å². The van der Waals surface area contributed by atoms with Gasteiger partial charge in [-0.2, -0.15) is 0 Å². The normalized spacial score (nSPS) is 24.6. The van der Waals surface area contributed by atoms with Crippen LogP contribution in [0.2, 0.25) is 0 Å². The summed E-state index contributed by atoms with van der Waals surface area (Å²) in [4.78, 5) is 15.0. The molecule has 0 unspecified atom stereocenters. The summed E-state index contributed by atoms with van der Waals surface area (Å²) in [5.41, 5.74) is 0.497. The van der Waals surface area contributed by atoms with Gasteiger partial charge >= 0.3 is 5.97 Å². The van der Waals surface area contributed by atoms with Crippen LogP contribution in [0.5, 0.6) is 11.5 Å². The second kappa shape index (κ2) is 7.40. The lowest BCUT2D eigenvalue weighted by atomic mass is 9.79. The van der Waals surface area contributed by atoms with Crippen molar-refractivity contribution in [1.29, 1.82) is 0 Å². The number of rotatable bonds is 5. The van der Waals surface area contributed by atoms with Gasteiger partial charge in [0.2, 0.25) is 5.72 Å². The van der Waals surface area contributed by atoms with Gasteiger partial charge in [-0.1, -0.05) is 43.0 Å². The van der Waals surface area contributed by atoms with Crippen LogP contribution < -0.4 is 19.7 Å². The maximum Gasteiger partial charge on any atom is 0.317 e. The quantitative estimate of drug-likeness (QED) is 0.459. The summed E-state index contributed by atoms with van der Waals surface area (Å²) in [6.45, 7) is 5.61. The molecule has 29 heavy (non-hydrogen) atoms. The second-order valence-corrected chi connectivity index (χ2v) is 7.42. The Morgan fingerprint density at radius 3 is 2.76 bits per heavy atom. The first-order chi connectivity index (χ1) is 14.0. The average molecular weight is 410 g/mol. The Morgan fingerprint density at radius 2 is 2.07 bits per heavy atom. The van der Waals surface area contributed by atoms with Crippen LogP contribution in [0.4, 0.5) is 5.69 Å². The molecule has 2 aliphatic rings. The van der Waals surface area contributed by atoms with Gasteiger partial charge in [-0.3, -0.25) is 9.69 Å². The smallest absolute Gasteiger partial charge is 0.317 e. The van der Waals surface area contributed by atoms with E-state index in [9.17, 15) is 4.79 Å². The molecule has 0 aliphatic carbocycles. The van der Waals surface area contributed by atoms with Crippen molar-refractivity contribution in [2.45, 2.75) is 18.7 Å². The number of carbonyl (C=O) groups excluding carboxylic acids is 1. The molecule has 1 saturated heterocycles. The standard InChI is InChI=1S/C22H22N2O4S/c1-4-13-27-20(25)17-18-15-11-8-12-16(26-3)19(15)28-22(17,2)24(21(29)23-18)14-9-6-5-7-10-14/h4-12,17-18H,1,13H2,2-3H3,(H,23,29)/t17-,18-,22-/m0/s1. The summed E-state index contributed by atoms with van der Waals surface area (Å²) < 4.78 is 17.5. The molecule has 0 saturated carbocycles. The number of nitrogens with one attached hydrogen (secondary N) is 1. The summed E-state index contributed by atoms with van der Waals surface area (Å²) in [5, 5.41) is 3.81. The maximum absolute atomic E-state index is 13.1. The zero-order valence-electron chi connectivity index (χ0n) is 16.3. The third kappa shape index (κ3) is 3.02. The molecule has 0 spiro atoms. The molecule has 3 atom stereocenters. The van der Waals surface area contributed by atoms with Crippen LogP contribution >= 0.6 is 12.2 Å². The largest absolute Gasteiger partial charge is 0.493 e. The minimum absolute atomic E-state index is 0.124. The first kappa shape index (κ1) is 19.3. The summed E-state index contributed by atoms with van der Waals surface area (Å²) >= 11 is 5.69. The van der Waals surface area contributed by atoms with Crippen LogP contribution in [0.25, 0.3) is 0 Å². The maximum atomic E-state index is 13.1. The van der Waals surface area contributed by atoms with E-state index < -0.39 is 17.7 Å². The number of benzene rings is 2. The Labute approximate surface area is 175 Å². The molecular formula is C22H22N2O4S. The van der Waals surface area contributed by atoms with E-state index in [1.807, 2.05) is 60.4 Å². The van der Waals surface area contributed by atoms with Crippen molar-refractivity contribution in [3.05, 3.63) is 66.7 Å². The Kier molecular flexibility index (Phi) is 4.92. The predicted octanol–water partition coefficient (Wildman–Crippen LogP) is 3.59. The molecule has 4 rings (SSSR count). The lowest BCUT2D eigenvalue weighted by molar-refractivity contribution is -0.159. The second-order valence-electron chi connectivity index (χ2n) is 7.03. The van der Waals surface area contributed by atoms with Gasteiger partial charge in [-0.25, -0.2) is 0 Å². The van der Waals surface area contributed by atoms with Crippen molar-refractivity contribution in [3.8, 4) is 11.5 Å². The van der Waals surface area contributed by atoms with Crippen LogP contribution in [0, 0.1) is 5.92 Å². The summed E-state index contributed by atoms with van der Waals surface area (Å²) in [6.07, 6.45) is 1.55. The number of thiocarbonyl (C=S) groups is 1. The zero-order valence-corrected chi connectivity index (χ0v) is 17.1. The third-order valence-electron chi connectivity index (χ3n) is 5.32. The van der Waals surface area contributed by atoms with E-state index in [1.165, 1.54) is 0 Å². The molecule has 2 bridgehead atoms. The lowest BCUT2D eigenvalue weighted by Gasteiger charge is -2.55. The topological polar surface area (TPSA) is 60.0 Å². The fourth-order valence-corrected chi connectivity index (χ4v) is 4.50. The van der Waals surface area contributed by atoms with Gasteiger partial charge in [-0.05, 0) is 37.3 Å². The van der Waals surface area contributed by atoms with E-state index in [0.717, 1.165) is 11.3 Å². The SMILES string of the molecule is C=CCOC(=O)[C@@H]1[C@H]2NC(=S)N(c3ccccc3)[C@@]1(C)Oc1c(OC)cccc12. The number of ether oxygens (including phenoxy) is 3. The highest BCUT2D eigenvalue weighted by Crippen LogP contribution is 2.52. The van der Waals surface area contributed by atoms with Crippen LogP contribution in [-0.2, 0) is 9.53 Å². The first-order valence-corrected chi connectivity index (χ1v) is 9.71. The van der Waals surface area contributed by atoms with Crippen LogP contribution in [-0.4, -0.2) is 30.5 Å². The number of fused-ring (bicyclic) bond motifs is 4. The zero-order chi connectivity index (χ0) is 20.6. The van der Waals surface area contributed by atoms with E-state index in [4.69, 9.17) is 26.4 Å². The molecule has 150 valence electrons. The number of methoxy groups -OCH3 is 1. The van der Waals surface area contributed by atoms with Crippen molar-refractivity contribution in [2.75, 3.05) is 18.6 Å². The molecule has 0 amide bonds. The predicted molar refractivity (Wildman–Crippen MR) is 114 cm³/mol. The number of para-hydroxylation sites is 2. The molecule has 1 fully saturated rings. The summed E-state index contributed by atoms with van der Waals surface area (Å²) in [7, 11) is 1.59. The number of carbonyl (C=O) groups is 1. The Balaban J connectivity index is 1.89. The molecular weight excluding hydrogens is 388 g/mol. The number of hydrogen-bond acceptors (Lipinski definition) is 5. The number of esters is 1. The molecule has 2 aromatic rings. The first-order valence-electron chi connectivity index (χ1n) is 9.30. The van der Waals surface area contributed by atoms with Crippen LogP contribution in [0.1, 0.15) is 18.5 Å². The number of nitrogens with zero attached hydrogens (tertiary/aromatic N) is 1. The van der Waals surface area contributed by atoms with Crippen molar-refractivity contribution >= 4 is 29.0 Å². The van der Waals surface area contributed by atoms with E-state index in [2.05, 4.69) is 11.9 Å². The monoisotopic (exact) mass is 410 g/mol. The Morgan fingerprint density at radius 1 is 1.31 bits per heavy atom. The Bertz CT molecular complexity index is 965. The van der Waals surface area contributed by atoms with Crippen molar-refractivity contribution in [3.63, 3.8) is 0 Å². The lowest BCUT2D eigenvalue weighted by Crippen LogP contribution is -2.71. The molecule has 0 aromatic heterocycles. The van der Waals surface area contributed by atoms with Gasteiger partial charge in [0.05, 0.1) is 13.2 Å². The fourth-order valence-electron chi connectivity index (χ4n) is 4.09. The summed E-state index contributed by atoms with van der Waals surface area (Å²) in [6, 6.07) is 14.8. The number of anilines is 1. The van der Waals surface area contributed by atoms with E-state index in [0.29, 0.717) is 16.6 Å². The van der Waals surface area contributed by atoms with Crippen LogP contribution in [0.3, 0.4) is 0 Å². The molecule has 7 heteroatoms. The molecule has 2 aromatic carbocycles. The van der Waals surface area contributed by atoms with Gasteiger partial charge in [-0.15, -0.1) is 0 Å². The highest BCUT2D eigenvalue weighted by molar-refractivity contribution is 7.80. The van der Waals surface area contributed by atoms with Gasteiger partial charge in [0.15, 0.2) is 16.6 Å². The van der Waals surface area contributed by atoms with Crippen molar-refractivity contribution in [2.24, 2.45) is 5.92 Å². The number of hydrogen-bond donors (Lipinski definition) is 1. The fraction of sp³-hybridized carbons (Fsp3) is 0.273. The molecule has 2 aliphatic heterocycles. The van der Waals surface area contributed by atoms with E-state index in [-0.39, 0.29) is 12.6 Å². The third-order valence-corrected chi connectivity index (χ3v) is 5.62. The molecule has 6 nitrogen and oxygen atoms in total. The minimum Gasteiger partial charge on any atom is -0.493 e. The highest BCUT2D eigenvalue weighted by Gasteiger charge is 2.60. The molecule has 1 N–H and O–H groups in total. The van der Waals surface area contributed by atoms with Crippen molar-refractivity contribution in [1.82, 2.24) is 5.32 Å². The van der Waals surface area contributed by atoms with Gasteiger partial charge < -0.3 is 19.5 Å². The highest BCUT2D eigenvalue weighted by atomic mass is 32.1. The minimum atomic E-state index is -1.12. The summed E-state index contributed by atoms with van der Waals surface area (Å²) in [5.74, 6) is 0.126. The Hall–Kier alpha value is -3.06. The molecule has 2 heterocycles. The van der Waals surface area contributed by atoms with Gasteiger partial charge in [0.25, 0.3) is 0 Å². The van der Waals surface area contributed by atoms with Crippen molar-refractivity contribution < 1.29 is 19.0 Å². The van der Waals surface area contributed by atoms with E-state index >= 15 is 0 Å². The van der Waals surface area contributed by atoms with Gasteiger partial charge in [0, 0.05) is 11.3 Å². The van der Waals surface area contributed by atoms with Gasteiger partial charge in [0.1, 0.15) is 12.5 Å². The average Bonchev–Trinajstić information content (AvgIpc) is 2.71. The molecule has 0 radical (unpaired) electrons. The van der Waals surface area contributed by atoms with Crippen LogP contribution in [0.15, 0.2) is 61.2 Å².